The lowest BCUT2D eigenvalue weighted by Gasteiger charge is -2.10. The van der Waals surface area contributed by atoms with Crippen molar-refractivity contribution in [3.05, 3.63) is 59.2 Å². The van der Waals surface area contributed by atoms with Crippen LogP contribution in [-0.4, -0.2) is 10.9 Å². The number of benzene rings is 1. The fraction of sp³-hybridized carbons (Fsp3) is 0.200. The predicted octanol–water partition coefficient (Wildman–Crippen LogP) is 2.30. The van der Waals surface area contributed by atoms with Crippen molar-refractivity contribution in [1.29, 1.82) is 0 Å². The number of nitrogens with one attached hydrogen (secondary N) is 1. The largest absolute Gasteiger partial charge is 0.396 e. The summed E-state index contributed by atoms with van der Waals surface area (Å²) in [4.78, 5) is 16.2. The fourth-order valence-electron chi connectivity index (χ4n) is 1.95. The van der Waals surface area contributed by atoms with Crippen LogP contribution in [0.5, 0.6) is 0 Å². The van der Waals surface area contributed by atoms with E-state index in [2.05, 4.69) is 10.3 Å². The molecule has 0 unspecified atom stereocenters. The predicted molar refractivity (Wildman–Crippen MR) is 75.6 cm³/mol. The lowest BCUT2D eigenvalue weighted by atomic mass is 10.1. The third-order valence-electron chi connectivity index (χ3n) is 3.08. The summed E-state index contributed by atoms with van der Waals surface area (Å²) in [6.07, 6.45) is 2.51. The van der Waals surface area contributed by atoms with E-state index < -0.39 is 11.7 Å². The van der Waals surface area contributed by atoms with Crippen molar-refractivity contribution in [3.8, 4) is 0 Å². The number of pyridine rings is 1. The second-order valence-corrected chi connectivity index (χ2v) is 4.35. The van der Waals surface area contributed by atoms with Crippen LogP contribution >= 0.6 is 0 Å². The van der Waals surface area contributed by atoms with E-state index in [1.807, 2.05) is 19.1 Å². The quantitative estimate of drug-likeness (QED) is 0.840. The number of hydrogen-bond acceptors (Lipinski definition) is 3. The van der Waals surface area contributed by atoms with E-state index in [9.17, 15) is 9.18 Å². The number of rotatable bonds is 4. The van der Waals surface area contributed by atoms with Crippen LogP contribution in [0.15, 0.2) is 36.5 Å². The third kappa shape index (κ3) is 2.93. The highest BCUT2D eigenvalue weighted by Gasteiger charge is 2.12. The van der Waals surface area contributed by atoms with Crippen molar-refractivity contribution >= 4 is 11.6 Å². The molecule has 0 spiro atoms. The Hall–Kier alpha value is -2.43. The van der Waals surface area contributed by atoms with Gasteiger partial charge in [-0.25, -0.2) is 4.39 Å². The van der Waals surface area contributed by atoms with Gasteiger partial charge in [0.05, 0.1) is 23.5 Å². The molecule has 0 aliphatic carbocycles. The SMILES string of the molecule is CCc1cccnc1CNC(=O)c1cccc(F)c1N. The van der Waals surface area contributed by atoms with Crippen LogP contribution in [0.3, 0.4) is 0 Å². The van der Waals surface area contributed by atoms with Crippen LogP contribution in [-0.2, 0) is 13.0 Å². The number of hydrogen-bond donors (Lipinski definition) is 2. The van der Waals surface area contributed by atoms with Crippen molar-refractivity contribution in [2.45, 2.75) is 19.9 Å². The molecule has 0 bridgehead atoms. The molecule has 2 rings (SSSR count). The van der Waals surface area contributed by atoms with E-state index in [1.165, 1.54) is 18.2 Å². The number of carbonyl (C=O) groups excluding carboxylic acids is 1. The Morgan fingerprint density at radius 3 is 2.90 bits per heavy atom. The van der Waals surface area contributed by atoms with E-state index >= 15 is 0 Å². The number of aryl methyl sites for hydroxylation is 1. The second-order valence-electron chi connectivity index (χ2n) is 4.35. The first-order valence-electron chi connectivity index (χ1n) is 6.38. The van der Waals surface area contributed by atoms with Gasteiger partial charge in [-0.05, 0) is 30.2 Å². The molecule has 1 amide bonds. The molecule has 0 saturated heterocycles. The van der Waals surface area contributed by atoms with Crippen LogP contribution in [0.25, 0.3) is 0 Å². The van der Waals surface area contributed by atoms with Gasteiger partial charge in [0.1, 0.15) is 5.82 Å². The van der Waals surface area contributed by atoms with E-state index in [0.717, 1.165) is 17.7 Å². The second kappa shape index (κ2) is 6.14. The van der Waals surface area contributed by atoms with Gasteiger partial charge in [-0.2, -0.15) is 0 Å². The van der Waals surface area contributed by atoms with Crippen molar-refractivity contribution in [3.63, 3.8) is 0 Å². The van der Waals surface area contributed by atoms with E-state index in [4.69, 9.17) is 5.73 Å². The van der Waals surface area contributed by atoms with E-state index in [-0.39, 0.29) is 11.3 Å². The van der Waals surface area contributed by atoms with Crippen molar-refractivity contribution in [2.75, 3.05) is 5.73 Å². The summed E-state index contributed by atoms with van der Waals surface area (Å²) in [5.74, 6) is -1.00. The lowest BCUT2D eigenvalue weighted by Crippen LogP contribution is -2.25. The lowest BCUT2D eigenvalue weighted by molar-refractivity contribution is 0.0951. The molecule has 0 aliphatic heterocycles. The van der Waals surface area contributed by atoms with Crippen molar-refractivity contribution in [2.24, 2.45) is 0 Å². The molecule has 104 valence electrons. The average molecular weight is 273 g/mol. The maximum Gasteiger partial charge on any atom is 0.253 e. The number of aromatic nitrogens is 1. The molecule has 0 atom stereocenters. The number of nitrogens with zero attached hydrogens (tertiary/aromatic N) is 1. The number of carbonyl (C=O) groups is 1. The zero-order valence-electron chi connectivity index (χ0n) is 11.2. The Morgan fingerprint density at radius 2 is 2.15 bits per heavy atom. The molecule has 20 heavy (non-hydrogen) atoms. The first kappa shape index (κ1) is 14.0. The van der Waals surface area contributed by atoms with E-state index in [1.54, 1.807) is 6.20 Å². The summed E-state index contributed by atoms with van der Waals surface area (Å²) < 4.78 is 13.3. The Labute approximate surface area is 116 Å². The van der Waals surface area contributed by atoms with Crippen molar-refractivity contribution in [1.82, 2.24) is 10.3 Å². The zero-order valence-corrected chi connectivity index (χ0v) is 11.2. The Bertz CT molecular complexity index is 628. The summed E-state index contributed by atoms with van der Waals surface area (Å²) in [6.45, 7) is 2.31. The Morgan fingerprint density at radius 1 is 1.35 bits per heavy atom. The smallest absolute Gasteiger partial charge is 0.253 e. The summed E-state index contributed by atoms with van der Waals surface area (Å²) in [6, 6.07) is 7.99. The Kier molecular flexibility index (Phi) is 4.30. The molecule has 0 aliphatic rings. The van der Waals surface area contributed by atoms with Gasteiger partial charge in [0, 0.05) is 6.20 Å². The topological polar surface area (TPSA) is 68.0 Å². The third-order valence-corrected chi connectivity index (χ3v) is 3.08. The highest BCUT2D eigenvalue weighted by molar-refractivity contribution is 5.99. The van der Waals surface area contributed by atoms with Gasteiger partial charge >= 0.3 is 0 Å². The molecule has 1 aromatic carbocycles. The van der Waals surface area contributed by atoms with Crippen LogP contribution in [0.1, 0.15) is 28.5 Å². The number of amides is 1. The summed E-state index contributed by atoms with van der Waals surface area (Å²) in [5.41, 5.74) is 7.43. The highest BCUT2D eigenvalue weighted by atomic mass is 19.1. The van der Waals surface area contributed by atoms with Crippen LogP contribution in [0.2, 0.25) is 0 Å². The molecule has 4 nitrogen and oxygen atoms in total. The minimum absolute atomic E-state index is 0.137. The molecule has 0 radical (unpaired) electrons. The van der Waals surface area contributed by atoms with Crippen molar-refractivity contribution < 1.29 is 9.18 Å². The number of para-hydroxylation sites is 1. The van der Waals surface area contributed by atoms with Gasteiger partial charge < -0.3 is 11.1 Å². The molecule has 5 heteroatoms. The molecule has 3 N–H and O–H groups in total. The summed E-state index contributed by atoms with van der Waals surface area (Å²) in [5, 5.41) is 2.71. The molecule has 2 aromatic rings. The monoisotopic (exact) mass is 273 g/mol. The van der Waals surface area contributed by atoms with Gasteiger partial charge in [-0.3, -0.25) is 9.78 Å². The van der Waals surface area contributed by atoms with Gasteiger partial charge in [0.2, 0.25) is 0 Å². The number of nitrogens with two attached hydrogens (primary N) is 1. The molecule has 1 aromatic heterocycles. The fourth-order valence-corrected chi connectivity index (χ4v) is 1.95. The van der Waals surface area contributed by atoms with Gasteiger partial charge in [0.15, 0.2) is 0 Å². The summed E-state index contributed by atoms with van der Waals surface area (Å²) >= 11 is 0. The number of nitrogen functional groups attached to an aromatic ring is 1. The molecule has 0 fully saturated rings. The first-order chi connectivity index (χ1) is 9.63. The number of anilines is 1. The maximum absolute atomic E-state index is 13.3. The normalized spacial score (nSPS) is 10.3. The summed E-state index contributed by atoms with van der Waals surface area (Å²) in [7, 11) is 0. The standard InChI is InChI=1S/C15H16FN3O/c1-2-10-5-4-8-18-13(10)9-19-15(20)11-6-3-7-12(16)14(11)17/h3-8H,2,9,17H2,1H3,(H,19,20). The van der Waals surface area contributed by atoms with E-state index in [0.29, 0.717) is 6.54 Å². The molecule has 1 heterocycles. The van der Waals surface area contributed by atoms with Crippen LogP contribution in [0, 0.1) is 5.82 Å². The highest BCUT2D eigenvalue weighted by Crippen LogP contribution is 2.15. The van der Waals surface area contributed by atoms with Crippen LogP contribution in [0.4, 0.5) is 10.1 Å². The average Bonchev–Trinajstić information content (AvgIpc) is 2.48. The Balaban J connectivity index is 2.11. The van der Waals surface area contributed by atoms with Crippen LogP contribution < -0.4 is 11.1 Å². The van der Waals surface area contributed by atoms with Gasteiger partial charge in [-0.1, -0.05) is 19.1 Å². The molecular formula is C15H16FN3O. The minimum atomic E-state index is -0.593. The maximum atomic E-state index is 13.3. The minimum Gasteiger partial charge on any atom is -0.396 e. The molecule has 0 saturated carbocycles. The van der Waals surface area contributed by atoms with Gasteiger partial charge in [0.25, 0.3) is 5.91 Å². The first-order valence-corrected chi connectivity index (χ1v) is 6.38. The molecular weight excluding hydrogens is 257 g/mol. The number of halogens is 1. The zero-order chi connectivity index (χ0) is 14.5. The van der Waals surface area contributed by atoms with Gasteiger partial charge in [-0.15, -0.1) is 0 Å².